The van der Waals surface area contributed by atoms with Crippen LogP contribution < -0.4 is 15.4 Å². The van der Waals surface area contributed by atoms with E-state index in [1.165, 1.54) is 5.56 Å². The Morgan fingerprint density at radius 2 is 1.63 bits per heavy atom. The molecule has 1 heterocycles. The number of amides is 2. The highest BCUT2D eigenvalue weighted by Crippen LogP contribution is 2.26. The quantitative estimate of drug-likeness (QED) is 0.383. The van der Waals surface area contributed by atoms with E-state index in [0.29, 0.717) is 33.6 Å². The van der Waals surface area contributed by atoms with Gasteiger partial charge in [-0.25, -0.2) is 0 Å². The fourth-order valence-corrected chi connectivity index (χ4v) is 4.52. The monoisotopic (exact) mass is 551 g/mol. The molecule has 1 aliphatic heterocycles. The van der Waals surface area contributed by atoms with Crippen molar-refractivity contribution in [3.8, 4) is 5.75 Å². The molecule has 0 radical (unpaired) electrons. The van der Waals surface area contributed by atoms with E-state index in [-0.39, 0.29) is 16.9 Å². The van der Waals surface area contributed by atoms with Crippen molar-refractivity contribution in [2.75, 3.05) is 25.0 Å². The molecule has 0 aromatic heterocycles. The van der Waals surface area contributed by atoms with Gasteiger partial charge in [0, 0.05) is 36.3 Å². The van der Waals surface area contributed by atoms with E-state index in [2.05, 4.69) is 38.7 Å². The first-order chi connectivity index (χ1) is 17.0. The molecule has 0 unspecified atom stereocenters. The molecule has 3 aromatic rings. The lowest BCUT2D eigenvalue weighted by Gasteiger charge is -2.15. The van der Waals surface area contributed by atoms with E-state index in [1.807, 2.05) is 23.1 Å². The number of rotatable bonds is 7. The second-order valence-electron chi connectivity index (χ2n) is 8.21. The SMILES string of the molecule is O=C(NC(=S)Nc1ccc(C(=O)N2CCCC2)cc1)c1ccc(OCCc2ccccc2)c(Br)c1. The lowest BCUT2D eigenvalue weighted by Crippen LogP contribution is -2.34. The predicted molar refractivity (Wildman–Crippen MR) is 145 cm³/mol. The highest BCUT2D eigenvalue weighted by Gasteiger charge is 2.19. The van der Waals surface area contributed by atoms with Crippen molar-refractivity contribution >= 4 is 50.8 Å². The molecular weight excluding hydrogens is 526 g/mol. The molecule has 0 saturated carbocycles. The number of thiocarbonyl (C=S) groups is 1. The number of halogens is 1. The molecular formula is C27H26BrN3O3S. The van der Waals surface area contributed by atoms with Crippen molar-refractivity contribution in [1.29, 1.82) is 0 Å². The van der Waals surface area contributed by atoms with Gasteiger partial charge in [-0.05, 0) is 89.0 Å². The number of benzene rings is 3. The van der Waals surface area contributed by atoms with Crippen molar-refractivity contribution in [3.63, 3.8) is 0 Å². The molecule has 4 rings (SSSR count). The number of hydrogen-bond donors (Lipinski definition) is 2. The molecule has 2 N–H and O–H groups in total. The first-order valence-corrected chi connectivity index (χ1v) is 12.7. The summed E-state index contributed by atoms with van der Waals surface area (Å²) in [6.07, 6.45) is 2.91. The minimum absolute atomic E-state index is 0.0444. The summed E-state index contributed by atoms with van der Waals surface area (Å²) in [7, 11) is 0. The summed E-state index contributed by atoms with van der Waals surface area (Å²) >= 11 is 8.77. The van der Waals surface area contributed by atoms with Gasteiger partial charge in [0.25, 0.3) is 11.8 Å². The summed E-state index contributed by atoms with van der Waals surface area (Å²) in [6, 6.07) is 22.4. The summed E-state index contributed by atoms with van der Waals surface area (Å²) in [4.78, 5) is 27.0. The second kappa shape index (κ2) is 12.0. The lowest BCUT2D eigenvalue weighted by molar-refractivity contribution is 0.0792. The van der Waals surface area contributed by atoms with E-state index in [1.54, 1.807) is 42.5 Å². The molecule has 0 spiro atoms. The standard InChI is InChI=1S/C27H26BrN3O3S/c28-23-18-21(10-13-24(23)34-17-14-19-6-2-1-3-7-19)25(32)30-27(35)29-22-11-8-20(9-12-22)26(33)31-15-4-5-16-31/h1-3,6-13,18H,4-5,14-17H2,(H2,29,30,32,35). The predicted octanol–water partition coefficient (Wildman–Crippen LogP) is 5.43. The van der Waals surface area contributed by atoms with Gasteiger partial charge in [0.1, 0.15) is 5.75 Å². The van der Waals surface area contributed by atoms with Gasteiger partial charge < -0.3 is 15.0 Å². The third kappa shape index (κ3) is 6.90. The van der Waals surface area contributed by atoms with Crippen molar-refractivity contribution in [1.82, 2.24) is 10.2 Å². The molecule has 3 aromatic carbocycles. The van der Waals surface area contributed by atoms with Crippen LogP contribution >= 0.6 is 28.1 Å². The number of likely N-dealkylation sites (tertiary alicyclic amines) is 1. The van der Waals surface area contributed by atoms with Crippen LogP contribution in [0.3, 0.4) is 0 Å². The van der Waals surface area contributed by atoms with Gasteiger partial charge in [0.2, 0.25) is 0 Å². The molecule has 0 bridgehead atoms. The van der Waals surface area contributed by atoms with Crippen molar-refractivity contribution in [2.24, 2.45) is 0 Å². The van der Waals surface area contributed by atoms with Crippen LogP contribution in [0.5, 0.6) is 5.75 Å². The maximum Gasteiger partial charge on any atom is 0.257 e. The first-order valence-electron chi connectivity index (χ1n) is 11.5. The summed E-state index contributed by atoms with van der Waals surface area (Å²) in [5, 5.41) is 5.84. The largest absolute Gasteiger partial charge is 0.492 e. The minimum atomic E-state index is -0.333. The van der Waals surface area contributed by atoms with E-state index in [9.17, 15) is 9.59 Å². The second-order valence-corrected chi connectivity index (χ2v) is 9.48. The van der Waals surface area contributed by atoms with Crippen LogP contribution in [0.4, 0.5) is 5.69 Å². The lowest BCUT2D eigenvalue weighted by atomic mass is 10.2. The number of nitrogens with zero attached hydrogens (tertiary/aromatic N) is 1. The van der Waals surface area contributed by atoms with Gasteiger partial charge in [-0.3, -0.25) is 14.9 Å². The van der Waals surface area contributed by atoms with Crippen LogP contribution in [0.25, 0.3) is 0 Å². The van der Waals surface area contributed by atoms with Crippen LogP contribution in [0.2, 0.25) is 0 Å². The van der Waals surface area contributed by atoms with Gasteiger partial charge in [0.15, 0.2) is 5.11 Å². The number of hydrogen-bond acceptors (Lipinski definition) is 4. The van der Waals surface area contributed by atoms with Crippen LogP contribution in [0, 0.1) is 0 Å². The Labute approximate surface area is 218 Å². The average molecular weight is 552 g/mol. The Hall–Kier alpha value is -3.23. The van der Waals surface area contributed by atoms with Gasteiger partial charge in [-0.15, -0.1) is 0 Å². The zero-order valence-corrected chi connectivity index (χ0v) is 21.5. The molecule has 1 saturated heterocycles. The molecule has 180 valence electrons. The fraction of sp³-hybridized carbons (Fsp3) is 0.222. The Bertz CT molecular complexity index is 1200. The van der Waals surface area contributed by atoms with E-state index in [0.717, 1.165) is 32.4 Å². The molecule has 6 nitrogen and oxygen atoms in total. The maximum absolute atomic E-state index is 12.6. The van der Waals surface area contributed by atoms with Gasteiger partial charge in [-0.2, -0.15) is 0 Å². The average Bonchev–Trinajstić information content (AvgIpc) is 3.41. The molecule has 1 fully saturated rings. The summed E-state index contributed by atoms with van der Waals surface area (Å²) in [5.41, 5.74) is 2.98. The Kier molecular flexibility index (Phi) is 8.50. The number of carbonyl (C=O) groups excluding carboxylic acids is 2. The van der Waals surface area contributed by atoms with E-state index in [4.69, 9.17) is 17.0 Å². The van der Waals surface area contributed by atoms with Gasteiger partial charge in [-0.1, -0.05) is 30.3 Å². The van der Waals surface area contributed by atoms with Crippen LogP contribution in [0.1, 0.15) is 39.1 Å². The van der Waals surface area contributed by atoms with Gasteiger partial charge >= 0.3 is 0 Å². The molecule has 35 heavy (non-hydrogen) atoms. The normalized spacial score (nSPS) is 12.8. The zero-order chi connectivity index (χ0) is 24.6. The van der Waals surface area contributed by atoms with Crippen molar-refractivity contribution in [3.05, 3.63) is 94.0 Å². The Morgan fingerprint density at radius 3 is 2.31 bits per heavy atom. The molecule has 1 aliphatic rings. The van der Waals surface area contributed by atoms with Crippen molar-refractivity contribution < 1.29 is 14.3 Å². The topological polar surface area (TPSA) is 70.7 Å². The summed E-state index contributed by atoms with van der Waals surface area (Å²) in [6.45, 7) is 2.16. The molecule has 0 atom stereocenters. The molecule has 0 aliphatic carbocycles. The van der Waals surface area contributed by atoms with E-state index < -0.39 is 0 Å². The van der Waals surface area contributed by atoms with E-state index >= 15 is 0 Å². The summed E-state index contributed by atoms with van der Waals surface area (Å²) in [5.74, 6) is 0.379. The number of carbonyl (C=O) groups is 2. The Morgan fingerprint density at radius 1 is 0.943 bits per heavy atom. The number of ether oxygens (including phenoxy) is 1. The first kappa shape index (κ1) is 24.9. The number of nitrogens with one attached hydrogen (secondary N) is 2. The number of anilines is 1. The highest BCUT2D eigenvalue weighted by molar-refractivity contribution is 9.10. The fourth-order valence-electron chi connectivity index (χ4n) is 3.82. The van der Waals surface area contributed by atoms with Gasteiger partial charge in [0.05, 0.1) is 11.1 Å². The smallest absolute Gasteiger partial charge is 0.257 e. The van der Waals surface area contributed by atoms with Crippen LogP contribution in [0.15, 0.2) is 77.3 Å². The third-order valence-corrected chi connectivity index (χ3v) is 6.52. The molecule has 8 heteroatoms. The third-order valence-electron chi connectivity index (χ3n) is 5.70. The van der Waals surface area contributed by atoms with Crippen LogP contribution in [-0.2, 0) is 6.42 Å². The summed E-state index contributed by atoms with van der Waals surface area (Å²) < 4.78 is 6.54. The molecule has 2 amide bonds. The van der Waals surface area contributed by atoms with Crippen LogP contribution in [-0.4, -0.2) is 41.5 Å². The Balaban J connectivity index is 1.27. The minimum Gasteiger partial charge on any atom is -0.492 e. The van der Waals surface area contributed by atoms with Crippen molar-refractivity contribution in [2.45, 2.75) is 19.3 Å². The maximum atomic E-state index is 12.6. The zero-order valence-electron chi connectivity index (χ0n) is 19.1. The highest BCUT2D eigenvalue weighted by atomic mass is 79.9.